The molecule has 0 bridgehead atoms. The molecule has 0 atom stereocenters. The van der Waals surface area contributed by atoms with Gasteiger partial charge in [-0.1, -0.05) is 0 Å². The Hall–Kier alpha value is -0.810. The lowest BCUT2D eigenvalue weighted by Gasteiger charge is -2.26. The van der Waals surface area contributed by atoms with Crippen LogP contribution in [0.15, 0.2) is 12.3 Å². The van der Waals surface area contributed by atoms with E-state index < -0.39 is 24.1 Å². The van der Waals surface area contributed by atoms with Gasteiger partial charge in [0.2, 0.25) is 0 Å². The van der Waals surface area contributed by atoms with E-state index in [9.17, 15) is 22.0 Å². The van der Waals surface area contributed by atoms with Crippen LogP contribution in [0, 0.1) is 5.41 Å². The molecule has 1 heterocycles. The normalized spacial score (nSPS) is 27.1. The van der Waals surface area contributed by atoms with E-state index in [1.54, 1.807) is 0 Å². The molecule has 1 nitrogen and oxygen atoms in total. The summed E-state index contributed by atoms with van der Waals surface area (Å²) in [6.45, 7) is -0.979. The Morgan fingerprint density at radius 3 is 2.13 bits per heavy atom. The van der Waals surface area contributed by atoms with E-state index in [1.165, 1.54) is 0 Å². The number of halogens is 5. The van der Waals surface area contributed by atoms with E-state index in [0.717, 1.165) is 11.1 Å². The van der Waals surface area contributed by atoms with Crippen LogP contribution in [-0.4, -0.2) is 30.1 Å². The lowest BCUT2D eigenvalue weighted by molar-refractivity contribution is -0.191. The van der Waals surface area contributed by atoms with Gasteiger partial charge in [0.1, 0.15) is 0 Å². The van der Waals surface area contributed by atoms with E-state index >= 15 is 0 Å². The number of nitrogens with zero attached hydrogens (tertiary/aromatic N) is 1. The van der Waals surface area contributed by atoms with E-state index in [-0.39, 0.29) is 19.4 Å². The average Bonchev–Trinajstić information content (AvgIpc) is 2.73. The van der Waals surface area contributed by atoms with Gasteiger partial charge in [-0.05, 0) is 12.8 Å². The highest BCUT2D eigenvalue weighted by atomic mass is 19.4. The van der Waals surface area contributed by atoms with Crippen molar-refractivity contribution in [1.82, 2.24) is 4.90 Å². The van der Waals surface area contributed by atoms with E-state index in [2.05, 4.69) is 0 Å². The average molecular weight is 227 g/mol. The summed E-state index contributed by atoms with van der Waals surface area (Å²) in [5.74, 6) is -2.98. The summed E-state index contributed by atoms with van der Waals surface area (Å²) in [7, 11) is 0. The highest BCUT2D eigenvalue weighted by Gasteiger charge is 2.63. The van der Waals surface area contributed by atoms with Crippen LogP contribution >= 0.6 is 0 Å². The first-order valence-electron chi connectivity index (χ1n) is 4.62. The van der Waals surface area contributed by atoms with Crippen LogP contribution in [0.1, 0.15) is 12.8 Å². The first-order chi connectivity index (χ1) is 6.74. The first kappa shape index (κ1) is 10.7. The summed E-state index contributed by atoms with van der Waals surface area (Å²) >= 11 is 0. The Morgan fingerprint density at radius 2 is 1.80 bits per heavy atom. The second kappa shape index (κ2) is 2.86. The smallest absolute Gasteiger partial charge is 0.370 e. The summed E-state index contributed by atoms with van der Waals surface area (Å²) in [5.41, 5.74) is -1.74. The molecule has 6 heteroatoms. The minimum Gasteiger partial charge on any atom is -0.370 e. The zero-order valence-corrected chi connectivity index (χ0v) is 7.82. The largest absolute Gasteiger partial charge is 0.396 e. The Kier molecular flexibility index (Phi) is 2.04. The second-order valence-electron chi connectivity index (χ2n) is 4.26. The maximum Gasteiger partial charge on any atom is 0.396 e. The van der Waals surface area contributed by atoms with Crippen molar-refractivity contribution >= 4 is 0 Å². The lowest BCUT2D eigenvalue weighted by atomic mass is 10.1. The van der Waals surface area contributed by atoms with Crippen molar-refractivity contribution < 1.29 is 22.0 Å². The molecule has 0 aromatic rings. The SMILES string of the molecule is FC1(F)C=CN(CC2(C(F)(F)F)CC2)C1. The topological polar surface area (TPSA) is 3.24 Å². The fourth-order valence-electron chi connectivity index (χ4n) is 1.77. The zero-order chi connectivity index (χ0) is 11.3. The van der Waals surface area contributed by atoms with Gasteiger partial charge in [-0.3, -0.25) is 0 Å². The number of hydrogen-bond acceptors (Lipinski definition) is 1. The monoisotopic (exact) mass is 227 g/mol. The van der Waals surface area contributed by atoms with Crippen molar-refractivity contribution in [2.24, 2.45) is 5.41 Å². The molecule has 0 amide bonds. The molecule has 0 N–H and O–H groups in total. The fourth-order valence-corrected chi connectivity index (χ4v) is 1.77. The molecule has 15 heavy (non-hydrogen) atoms. The summed E-state index contributed by atoms with van der Waals surface area (Å²) in [6.07, 6.45) is -2.47. The molecule has 0 unspecified atom stereocenters. The molecular weight excluding hydrogens is 217 g/mol. The van der Waals surface area contributed by atoms with Crippen molar-refractivity contribution in [2.75, 3.05) is 13.1 Å². The van der Waals surface area contributed by atoms with Crippen molar-refractivity contribution in [2.45, 2.75) is 24.9 Å². The van der Waals surface area contributed by atoms with Crippen LogP contribution in [0.3, 0.4) is 0 Å². The van der Waals surface area contributed by atoms with Gasteiger partial charge < -0.3 is 4.90 Å². The number of alkyl halides is 5. The van der Waals surface area contributed by atoms with Crippen LogP contribution in [0.25, 0.3) is 0 Å². The highest BCUT2D eigenvalue weighted by molar-refractivity contribution is 5.09. The number of hydrogen-bond donors (Lipinski definition) is 0. The first-order valence-corrected chi connectivity index (χ1v) is 4.62. The predicted octanol–water partition coefficient (Wildman–Crippen LogP) is 2.79. The van der Waals surface area contributed by atoms with Crippen molar-refractivity contribution in [3.05, 3.63) is 12.3 Å². The van der Waals surface area contributed by atoms with E-state index in [0.29, 0.717) is 6.08 Å². The Balaban J connectivity index is 1.98. The van der Waals surface area contributed by atoms with Crippen LogP contribution in [-0.2, 0) is 0 Å². The minimum absolute atomic E-state index is 0.0480. The second-order valence-corrected chi connectivity index (χ2v) is 4.26. The highest BCUT2D eigenvalue weighted by Crippen LogP contribution is 2.58. The van der Waals surface area contributed by atoms with Gasteiger partial charge in [-0.15, -0.1) is 0 Å². The third-order valence-electron chi connectivity index (χ3n) is 2.90. The van der Waals surface area contributed by atoms with Gasteiger partial charge in [0, 0.05) is 18.8 Å². The van der Waals surface area contributed by atoms with Crippen LogP contribution in [0.5, 0.6) is 0 Å². The molecule has 1 fully saturated rings. The van der Waals surface area contributed by atoms with Crippen molar-refractivity contribution in [3.63, 3.8) is 0 Å². The minimum atomic E-state index is -4.28. The standard InChI is InChI=1S/C9H10F5N/c10-8(11)3-4-15(6-8)5-7(1-2-7)9(12,13)14/h3-4H,1-2,5-6H2. The molecule has 1 saturated carbocycles. The molecule has 0 radical (unpaired) electrons. The third-order valence-corrected chi connectivity index (χ3v) is 2.90. The lowest BCUT2D eigenvalue weighted by Crippen LogP contribution is -2.37. The van der Waals surface area contributed by atoms with Crippen molar-refractivity contribution in [1.29, 1.82) is 0 Å². The molecule has 0 aromatic heterocycles. The maximum atomic E-state index is 12.7. The molecule has 1 aliphatic heterocycles. The fraction of sp³-hybridized carbons (Fsp3) is 0.778. The predicted molar refractivity (Wildman–Crippen MR) is 43.4 cm³/mol. The van der Waals surface area contributed by atoms with Gasteiger partial charge >= 0.3 is 6.18 Å². The van der Waals surface area contributed by atoms with Crippen molar-refractivity contribution in [3.8, 4) is 0 Å². The quantitative estimate of drug-likeness (QED) is 0.655. The van der Waals surface area contributed by atoms with Crippen LogP contribution in [0.2, 0.25) is 0 Å². The summed E-state index contributed by atoms with van der Waals surface area (Å²) in [6, 6.07) is 0. The summed E-state index contributed by atoms with van der Waals surface area (Å²) < 4.78 is 62.9. The Labute approximate surface area is 83.5 Å². The van der Waals surface area contributed by atoms with E-state index in [1.807, 2.05) is 0 Å². The molecule has 0 aromatic carbocycles. The van der Waals surface area contributed by atoms with Gasteiger partial charge in [0.05, 0.1) is 12.0 Å². The Bertz CT molecular complexity index is 289. The maximum absolute atomic E-state index is 12.7. The van der Waals surface area contributed by atoms with E-state index in [4.69, 9.17) is 0 Å². The summed E-state index contributed by atoms with van der Waals surface area (Å²) in [5, 5.41) is 0. The third kappa shape index (κ3) is 1.94. The molecule has 0 spiro atoms. The Morgan fingerprint density at radius 1 is 1.20 bits per heavy atom. The number of rotatable bonds is 2. The molecular formula is C9H10F5N. The molecule has 86 valence electrons. The van der Waals surface area contributed by atoms with Gasteiger partial charge in [-0.25, -0.2) is 0 Å². The molecule has 2 aliphatic rings. The van der Waals surface area contributed by atoms with Crippen LogP contribution < -0.4 is 0 Å². The molecule has 0 saturated heterocycles. The zero-order valence-electron chi connectivity index (χ0n) is 7.82. The van der Waals surface area contributed by atoms with Gasteiger partial charge in [-0.2, -0.15) is 22.0 Å². The molecule has 1 aliphatic carbocycles. The van der Waals surface area contributed by atoms with Gasteiger partial charge in [0.25, 0.3) is 5.92 Å². The van der Waals surface area contributed by atoms with Gasteiger partial charge in [0.15, 0.2) is 0 Å². The van der Waals surface area contributed by atoms with Crippen LogP contribution in [0.4, 0.5) is 22.0 Å². The molecule has 2 rings (SSSR count). The summed E-state index contributed by atoms with van der Waals surface area (Å²) in [4.78, 5) is 1.06.